The van der Waals surface area contributed by atoms with Gasteiger partial charge in [-0.25, -0.2) is 0 Å². The van der Waals surface area contributed by atoms with Gasteiger partial charge in [0, 0.05) is 46.1 Å². The van der Waals surface area contributed by atoms with Crippen molar-refractivity contribution in [2.45, 2.75) is 51.7 Å². The molecule has 0 spiro atoms. The minimum absolute atomic E-state index is 0.296. The lowest BCUT2D eigenvalue weighted by Crippen LogP contribution is -2.41. The van der Waals surface area contributed by atoms with Crippen LogP contribution in [0.15, 0.2) is 113 Å². The fraction of sp³-hybridized carbons (Fsp3) is 0.250. The lowest BCUT2D eigenvalue weighted by Gasteiger charge is -2.32. The van der Waals surface area contributed by atoms with Crippen LogP contribution in [0.5, 0.6) is 11.5 Å². The van der Waals surface area contributed by atoms with Crippen molar-refractivity contribution in [2.24, 2.45) is 0 Å². The number of benzene rings is 2. The molecular formula is C40H38BBrN2O4S2. The molecule has 2 aromatic carbocycles. The molecule has 0 atom stereocenters. The second-order valence-electron chi connectivity index (χ2n) is 13.1. The van der Waals surface area contributed by atoms with E-state index < -0.39 is 0 Å². The topological polar surface area (TPSA) is 62.7 Å². The summed E-state index contributed by atoms with van der Waals surface area (Å²) in [6.07, 6.45) is 5.54. The lowest BCUT2D eigenvalue weighted by molar-refractivity contribution is 0.00578. The van der Waals surface area contributed by atoms with Gasteiger partial charge in [0.2, 0.25) is 0 Å². The second-order valence-corrected chi connectivity index (χ2v) is 16.6. The highest BCUT2D eigenvalue weighted by atomic mass is 79.9. The minimum Gasteiger partial charge on any atom is -0.493 e. The number of hydrogen-bond donors (Lipinski definition) is 0. The van der Waals surface area contributed by atoms with E-state index in [1.165, 1.54) is 40.7 Å². The zero-order valence-corrected chi connectivity index (χ0v) is 31.7. The van der Waals surface area contributed by atoms with Crippen LogP contribution in [0, 0.1) is 0 Å². The Bertz CT molecular complexity index is 2050. The summed E-state index contributed by atoms with van der Waals surface area (Å²) in [6, 6.07) is 32.8. The Balaban J connectivity index is 0.000000120. The van der Waals surface area contributed by atoms with Crippen LogP contribution < -0.4 is 15.1 Å². The molecule has 6 aromatic rings. The molecule has 1 saturated heterocycles. The molecule has 0 N–H and O–H groups in total. The molecule has 0 saturated carbocycles. The summed E-state index contributed by atoms with van der Waals surface area (Å²) >= 11 is 7.13. The Morgan fingerprint density at radius 1 is 0.640 bits per heavy atom. The first-order valence-corrected chi connectivity index (χ1v) is 19.1. The summed E-state index contributed by atoms with van der Waals surface area (Å²) in [5.74, 6) is 1.99. The molecule has 0 aliphatic carbocycles. The zero-order chi connectivity index (χ0) is 34.7. The third kappa shape index (κ3) is 7.46. The second kappa shape index (κ2) is 14.8. The molecule has 0 amide bonds. The Labute approximate surface area is 310 Å². The molecule has 0 unspecified atom stereocenters. The van der Waals surface area contributed by atoms with Gasteiger partial charge in [0.05, 0.1) is 44.4 Å². The van der Waals surface area contributed by atoms with Crippen molar-refractivity contribution in [1.29, 1.82) is 0 Å². The van der Waals surface area contributed by atoms with E-state index in [0.717, 1.165) is 48.8 Å². The quantitative estimate of drug-likeness (QED) is 0.164. The van der Waals surface area contributed by atoms with Gasteiger partial charge in [0.25, 0.3) is 0 Å². The monoisotopic (exact) mass is 764 g/mol. The number of aromatic nitrogens is 2. The fourth-order valence-corrected chi connectivity index (χ4v) is 8.81. The molecule has 4 aromatic heterocycles. The van der Waals surface area contributed by atoms with E-state index in [4.69, 9.17) is 18.8 Å². The van der Waals surface area contributed by atoms with Crippen molar-refractivity contribution in [2.75, 3.05) is 13.2 Å². The molecule has 50 heavy (non-hydrogen) atoms. The fourth-order valence-electron chi connectivity index (χ4n) is 5.87. The average Bonchev–Trinajstić information content (AvgIpc) is 3.70. The molecule has 3 aliphatic heterocycles. The van der Waals surface area contributed by atoms with Crippen LogP contribution in [0.3, 0.4) is 0 Å². The van der Waals surface area contributed by atoms with Crippen molar-refractivity contribution in [3.8, 4) is 43.0 Å². The highest BCUT2D eigenvalue weighted by Crippen LogP contribution is 2.44. The predicted octanol–water partition coefficient (Wildman–Crippen LogP) is 9.91. The molecule has 10 heteroatoms. The zero-order valence-electron chi connectivity index (χ0n) is 28.5. The van der Waals surface area contributed by atoms with Crippen LogP contribution >= 0.6 is 38.6 Å². The Kier molecular flexibility index (Phi) is 10.3. The van der Waals surface area contributed by atoms with Gasteiger partial charge in [-0.3, -0.25) is 9.97 Å². The molecule has 254 valence electrons. The maximum atomic E-state index is 5.87. The summed E-state index contributed by atoms with van der Waals surface area (Å²) < 4.78 is 24.5. The van der Waals surface area contributed by atoms with Crippen molar-refractivity contribution in [3.05, 3.63) is 124 Å². The van der Waals surface area contributed by atoms with Crippen molar-refractivity contribution in [1.82, 2.24) is 9.97 Å². The molecule has 6 nitrogen and oxygen atoms in total. The van der Waals surface area contributed by atoms with E-state index in [9.17, 15) is 0 Å². The highest BCUT2D eigenvalue weighted by Gasteiger charge is 2.52. The lowest BCUT2D eigenvalue weighted by atomic mass is 9.84. The van der Waals surface area contributed by atoms with E-state index in [1.54, 1.807) is 28.9 Å². The van der Waals surface area contributed by atoms with E-state index in [2.05, 4.69) is 68.4 Å². The maximum absolute atomic E-state index is 5.87. The normalized spacial score (nSPS) is 16.2. The van der Waals surface area contributed by atoms with E-state index in [0.29, 0.717) is 0 Å². The standard InChI is InChI=1S/C17H13NOS.C12H9BrOS.C11H16BNO2/c1-2-7-15-13(5-1)17-12(8-10-19-15)11-16(20-17)14-6-3-4-9-18-14;13-11-7-8-5-6-14-10-4-2-1-3-9(10)12(8)15-11;1-10(2)11(3,4)15-12(14-10)9-7-5-6-8-13-9/h1-7,9,11H,8,10H2;1-4,7H,5-6H2;5-8H,1-4H3. The number of nitrogens with zero attached hydrogens (tertiary/aromatic N) is 2. The Hall–Kier alpha value is -3.80. The largest absolute Gasteiger partial charge is 0.514 e. The molecule has 0 radical (unpaired) electrons. The predicted molar refractivity (Wildman–Crippen MR) is 209 cm³/mol. The van der Waals surface area contributed by atoms with Gasteiger partial charge < -0.3 is 18.8 Å². The average molecular weight is 766 g/mol. The van der Waals surface area contributed by atoms with Crippen LogP contribution in [-0.2, 0) is 22.2 Å². The number of pyridine rings is 2. The summed E-state index contributed by atoms with van der Waals surface area (Å²) in [4.78, 5) is 12.6. The van der Waals surface area contributed by atoms with Gasteiger partial charge in [0.1, 0.15) is 11.5 Å². The molecule has 1 fully saturated rings. The summed E-state index contributed by atoms with van der Waals surface area (Å²) in [7, 11) is -0.351. The van der Waals surface area contributed by atoms with Gasteiger partial charge >= 0.3 is 7.12 Å². The SMILES string of the molecule is Brc1cc2c(s1)-c1ccccc1OCC2.CC1(C)OB(c2ccccn2)OC1(C)C.c1ccc(-c2cc3c(s2)-c2ccccc2OCC3)nc1. The van der Waals surface area contributed by atoms with Gasteiger partial charge in [-0.1, -0.05) is 36.4 Å². The maximum Gasteiger partial charge on any atom is 0.514 e. The number of fused-ring (bicyclic) bond motifs is 6. The van der Waals surface area contributed by atoms with E-state index in [-0.39, 0.29) is 18.3 Å². The van der Waals surface area contributed by atoms with Gasteiger partial charge in [-0.15, -0.1) is 22.7 Å². The number of thiophene rings is 2. The van der Waals surface area contributed by atoms with Crippen LogP contribution in [-0.4, -0.2) is 41.5 Å². The van der Waals surface area contributed by atoms with E-state index in [1.807, 2.05) is 88.5 Å². The van der Waals surface area contributed by atoms with Gasteiger partial charge in [0.15, 0.2) is 0 Å². The Morgan fingerprint density at radius 3 is 1.76 bits per heavy atom. The van der Waals surface area contributed by atoms with Crippen LogP contribution in [0.4, 0.5) is 0 Å². The van der Waals surface area contributed by atoms with Gasteiger partial charge in [-0.05, 0) is 115 Å². The number of para-hydroxylation sites is 2. The van der Waals surface area contributed by atoms with Crippen LogP contribution in [0.25, 0.3) is 31.5 Å². The summed E-state index contributed by atoms with van der Waals surface area (Å²) in [5.41, 5.74) is 6.45. The summed E-state index contributed by atoms with van der Waals surface area (Å²) in [5, 5.41) is 0. The van der Waals surface area contributed by atoms with Crippen molar-refractivity contribution >= 4 is 51.3 Å². The summed E-state index contributed by atoms with van der Waals surface area (Å²) in [6.45, 7) is 9.66. The van der Waals surface area contributed by atoms with Crippen molar-refractivity contribution in [3.63, 3.8) is 0 Å². The third-order valence-electron chi connectivity index (χ3n) is 9.21. The molecule has 9 rings (SSSR count). The first-order valence-electron chi connectivity index (χ1n) is 16.7. The highest BCUT2D eigenvalue weighted by molar-refractivity contribution is 9.11. The first kappa shape index (κ1) is 34.6. The molecule has 7 heterocycles. The number of hydrogen-bond acceptors (Lipinski definition) is 8. The van der Waals surface area contributed by atoms with Crippen molar-refractivity contribution < 1.29 is 18.8 Å². The molecule has 0 bridgehead atoms. The minimum atomic E-state index is -0.351. The van der Waals surface area contributed by atoms with Crippen LogP contribution in [0.2, 0.25) is 0 Å². The molecule has 3 aliphatic rings. The molecular weight excluding hydrogens is 727 g/mol. The Morgan fingerprint density at radius 2 is 1.18 bits per heavy atom. The van der Waals surface area contributed by atoms with E-state index >= 15 is 0 Å². The first-order chi connectivity index (χ1) is 24.2. The number of ether oxygens (including phenoxy) is 2. The number of halogens is 1. The number of rotatable bonds is 2. The van der Waals surface area contributed by atoms with Gasteiger partial charge in [-0.2, -0.15) is 0 Å². The van der Waals surface area contributed by atoms with Crippen LogP contribution in [0.1, 0.15) is 38.8 Å². The third-order valence-corrected chi connectivity index (χ3v) is 12.2. The smallest absolute Gasteiger partial charge is 0.493 e.